The second-order valence-electron chi connectivity index (χ2n) is 8.26. The Morgan fingerprint density at radius 3 is 2.38 bits per heavy atom. The van der Waals surface area contributed by atoms with Crippen LogP contribution in [-0.4, -0.2) is 46.4 Å². The Morgan fingerprint density at radius 2 is 1.69 bits per heavy atom. The first-order chi connectivity index (χ1) is 15.6. The molecule has 4 aromatic rings. The van der Waals surface area contributed by atoms with Gasteiger partial charge in [0.2, 0.25) is 0 Å². The number of ether oxygens (including phenoxy) is 2. The summed E-state index contributed by atoms with van der Waals surface area (Å²) in [5, 5.41) is 1.06. The summed E-state index contributed by atoms with van der Waals surface area (Å²) in [7, 11) is 0. The van der Waals surface area contributed by atoms with Gasteiger partial charge in [0.15, 0.2) is 5.65 Å². The summed E-state index contributed by atoms with van der Waals surface area (Å²) in [5.74, 6) is 1.82. The van der Waals surface area contributed by atoms with Gasteiger partial charge >= 0.3 is 0 Å². The fourth-order valence-corrected chi connectivity index (χ4v) is 4.54. The molecule has 1 aliphatic rings. The summed E-state index contributed by atoms with van der Waals surface area (Å²) in [4.78, 5) is 11.8. The van der Waals surface area contributed by atoms with E-state index in [1.807, 2.05) is 25.1 Å². The van der Waals surface area contributed by atoms with Gasteiger partial charge in [-0.15, -0.1) is 0 Å². The highest BCUT2D eigenvalue weighted by atomic mass is 16.5. The van der Waals surface area contributed by atoms with E-state index in [2.05, 4.69) is 65.9 Å². The van der Waals surface area contributed by atoms with E-state index >= 15 is 0 Å². The van der Waals surface area contributed by atoms with E-state index in [9.17, 15) is 0 Å². The fraction of sp³-hybridized carbons (Fsp3) is 0.308. The molecule has 0 spiro atoms. The first-order valence-corrected chi connectivity index (χ1v) is 11.2. The van der Waals surface area contributed by atoms with Gasteiger partial charge in [-0.1, -0.05) is 30.3 Å². The maximum absolute atomic E-state index is 5.97. The molecule has 0 aliphatic carbocycles. The predicted octanol–water partition coefficient (Wildman–Crippen LogP) is 5.10. The Balaban J connectivity index is 1.70. The Bertz CT molecular complexity index is 1190. The molecule has 5 rings (SSSR count). The third kappa shape index (κ3) is 3.82. The number of hydrogen-bond donors (Lipinski definition) is 0. The highest BCUT2D eigenvalue weighted by Gasteiger charge is 2.27. The van der Waals surface area contributed by atoms with Gasteiger partial charge in [-0.3, -0.25) is 0 Å². The van der Waals surface area contributed by atoms with Crippen molar-refractivity contribution in [2.75, 3.05) is 24.6 Å². The molecule has 0 bridgehead atoms. The third-order valence-electron chi connectivity index (χ3n) is 5.79. The van der Waals surface area contributed by atoms with Gasteiger partial charge in [-0.05, 0) is 50.6 Å². The van der Waals surface area contributed by atoms with Crippen LogP contribution in [0.2, 0.25) is 0 Å². The van der Waals surface area contributed by atoms with Crippen molar-refractivity contribution in [2.24, 2.45) is 0 Å². The topological polar surface area (TPSA) is 52.4 Å². The van der Waals surface area contributed by atoms with Crippen LogP contribution in [0.25, 0.3) is 27.8 Å². The average molecular weight is 429 g/mol. The zero-order chi connectivity index (χ0) is 22.1. The maximum atomic E-state index is 5.97. The molecule has 2 aromatic heterocycles. The van der Waals surface area contributed by atoms with E-state index in [0.29, 0.717) is 6.61 Å². The van der Waals surface area contributed by atoms with Crippen LogP contribution in [0.1, 0.15) is 20.8 Å². The molecule has 1 fully saturated rings. The minimum atomic E-state index is 0.150. The zero-order valence-corrected chi connectivity index (χ0v) is 18.7. The van der Waals surface area contributed by atoms with Crippen LogP contribution in [-0.2, 0) is 4.74 Å². The molecule has 3 heterocycles. The molecule has 2 atom stereocenters. The van der Waals surface area contributed by atoms with Crippen LogP contribution in [0.15, 0.2) is 67.1 Å². The molecule has 0 amide bonds. The number of anilines is 1. The quantitative estimate of drug-likeness (QED) is 0.443. The van der Waals surface area contributed by atoms with E-state index in [0.717, 1.165) is 52.5 Å². The van der Waals surface area contributed by atoms with E-state index in [-0.39, 0.29) is 12.2 Å². The molecule has 1 aliphatic heterocycles. The number of hydrogen-bond acceptors (Lipinski definition) is 5. The van der Waals surface area contributed by atoms with Gasteiger partial charge < -0.3 is 18.9 Å². The lowest BCUT2D eigenvalue weighted by Gasteiger charge is -2.36. The van der Waals surface area contributed by atoms with E-state index in [1.165, 1.54) is 0 Å². The van der Waals surface area contributed by atoms with Crippen molar-refractivity contribution >= 4 is 16.9 Å². The highest BCUT2D eigenvalue weighted by Crippen LogP contribution is 2.37. The average Bonchev–Trinajstić information content (AvgIpc) is 3.20. The smallest absolute Gasteiger partial charge is 0.150 e. The standard InChI is InChI=1S/C26H28N4O2/c1-4-31-22-12-10-21(11-13-22)30-16-23(20-8-6-5-7-9-20)24-25(27-17-28-26(24)30)29-14-18(2)32-19(3)15-29/h5-13,16-19H,4,14-15H2,1-3H3/t18-,19-/m1/s1. The molecule has 0 N–H and O–H groups in total. The Morgan fingerprint density at radius 1 is 0.969 bits per heavy atom. The van der Waals surface area contributed by atoms with Crippen LogP contribution in [0.5, 0.6) is 5.75 Å². The number of morpholine rings is 1. The summed E-state index contributed by atoms with van der Waals surface area (Å²) in [6.07, 6.45) is 4.14. The monoisotopic (exact) mass is 428 g/mol. The second kappa shape index (κ2) is 8.63. The molecule has 164 valence electrons. The van der Waals surface area contributed by atoms with Crippen molar-refractivity contribution < 1.29 is 9.47 Å². The fourth-order valence-electron chi connectivity index (χ4n) is 4.54. The third-order valence-corrected chi connectivity index (χ3v) is 5.79. The Hall–Kier alpha value is -3.38. The van der Waals surface area contributed by atoms with Crippen molar-refractivity contribution in [3.63, 3.8) is 0 Å². The van der Waals surface area contributed by atoms with Gasteiger partial charge in [-0.25, -0.2) is 9.97 Å². The second-order valence-corrected chi connectivity index (χ2v) is 8.26. The van der Waals surface area contributed by atoms with Crippen molar-refractivity contribution in [2.45, 2.75) is 33.0 Å². The zero-order valence-electron chi connectivity index (χ0n) is 18.7. The minimum absolute atomic E-state index is 0.150. The maximum Gasteiger partial charge on any atom is 0.150 e. The minimum Gasteiger partial charge on any atom is -0.494 e. The van der Waals surface area contributed by atoms with Crippen molar-refractivity contribution in [1.82, 2.24) is 14.5 Å². The molecule has 2 aromatic carbocycles. The molecular weight excluding hydrogens is 400 g/mol. The lowest BCUT2D eigenvalue weighted by atomic mass is 10.1. The largest absolute Gasteiger partial charge is 0.494 e. The molecule has 32 heavy (non-hydrogen) atoms. The molecular formula is C26H28N4O2. The molecule has 0 unspecified atom stereocenters. The van der Waals surface area contributed by atoms with E-state index in [1.54, 1.807) is 6.33 Å². The number of fused-ring (bicyclic) bond motifs is 1. The molecule has 6 heteroatoms. The van der Waals surface area contributed by atoms with Crippen LogP contribution in [0, 0.1) is 0 Å². The van der Waals surface area contributed by atoms with E-state index in [4.69, 9.17) is 19.4 Å². The van der Waals surface area contributed by atoms with Gasteiger partial charge in [0, 0.05) is 30.5 Å². The van der Waals surface area contributed by atoms with Crippen LogP contribution in [0.3, 0.4) is 0 Å². The lowest BCUT2D eigenvalue weighted by Crippen LogP contribution is -2.46. The summed E-state index contributed by atoms with van der Waals surface area (Å²) in [6, 6.07) is 18.6. The van der Waals surface area contributed by atoms with Crippen LogP contribution < -0.4 is 9.64 Å². The predicted molar refractivity (Wildman–Crippen MR) is 128 cm³/mol. The van der Waals surface area contributed by atoms with Gasteiger partial charge in [0.05, 0.1) is 24.2 Å². The normalized spacial score (nSPS) is 18.8. The van der Waals surface area contributed by atoms with Crippen molar-refractivity contribution in [3.05, 3.63) is 67.1 Å². The molecule has 6 nitrogen and oxygen atoms in total. The molecule has 0 radical (unpaired) electrons. The lowest BCUT2D eigenvalue weighted by molar-refractivity contribution is -0.00537. The van der Waals surface area contributed by atoms with Crippen molar-refractivity contribution in [1.29, 1.82) is 0 Å². The summed E-state index contributed by atoms with van der Waals surface area (Å²) in [6.45, 7) is 8.48. The van der Waals surface area contributed by atoms with Gasteiger partial charge in [0.25, 0.3) is 0 Å². The van der Waals surface area contributed by atoms with Crippen LogP contribution in [0.4, 0.5) is 5.82 Å². The Labute approximate surface area is 188 Å². The summed E-state index contributed by atoms with van der Waals surface area (Å²) in [5.41, 5.74) is 4.20. The first kappa shape index (κ1) is 20.5. The van der Waals surface area contributed by atoms with E-state index < -0.39 is 0 Å². The first-order valence-electron chi connectivity index (χ1n) is 11.2. The van der Waals surface area contributed by atoms with Gasteiger partial charge in [-0.2, -0.15) is 0 Å². The number of nitrogens with zero attached hydrogens (tertiary/aromatic N) is 4. The SMILES string of the molecule is CCOc1ccc(-n2cc(-c3ccccc3)c3c(N4C[C@@H](C)O[C@H](C)C4)ncnc32)cc1. The van der Waals surface area contributed by atoms with Crippen molar-refractivity contribution in [3.8, 4) is 22.6 Å². The Kier molecular flexibility index (Phi) is 5.53. The molecule has 1 saturated heterocycles. The summed E-state index contributed by atoms with van der Waals surface area (Å²) >= 11 is 0. The van der Waals surface area contributed by atoms with Gasteiger partial charge in [0.1, 0.15) is 17.9 Å². The number of rotatable bonds is 5. The highest BCUT2D eigenvalue weighted by molar-refractivity contribution is 6.02. The summed E-state index contributed by atoms with van der Waals surface area (Å²) < 4.78 is 13.7. The number of benzene rings is 2. The number of aromatic nitrogens is 3. The van der Waals surface area contributed by atoms with Crippen LogP contribution >= 0.6 is 0 Å². The molecule has 0 saturated carbocycles.